The van der Waals surface area contributed by atoms with E-state index in [1.165, 1.54) is 5.56 Å². The highest BCUT2D eigenvalue weighted by Gasteiger charge is 2.19. The summed E-state index contributed by atoms with van der Waals surface area (Å²) in [7, 11) is 0. The zero-order valence-electron chi connectivity index (χ0n) is 16.5. The molecular weight excluding hydrogens is 368 g/mol. The number of para-hydroxylation sites is 1. The minimum atomic E-state index is -0.367. The van der Waals surface area contributed by atoms with Gasteiger partial charge in [0.2, 0.25) is 5.91 Å². The molecule has 7 nitrogen and oxygen atoms in total. The van der Waals surface area contributed by atoms with E-state index in [1.807, 2.05) is 29.2 Å². The molecular formula is C22H26N4O3. The van der Waals surface area contributed by atoms with E-state index < -0.39 is 0 Å². The van der Waals surface area contributed by atoms with Crippen LogP contribution in [0.5, 0.6) is 0 Å². The van der Waals surface area contributed by atoms with Crippen molar-refractivity contribution < 1.29 is 14.4 Å². The standard InChI is InChI=1S/C22H26N4O3/c1-16(23-22(29)18-9-3-2-4-10-18)14-20(27)24-25-21(28)15-26-13-7-11-17-8-5-6-12-19(17)26/h2-6,8-10,12,16H,7,11,13-15H2,1H3,(H,23,29)(H,24,27)(H,25,28). The predicted molar refractivity (Wildman–Crippen MR) is 111 cm³/mol. The van der Waals surface area contributed by atoms with Crippen LogP contribution in [0.1, 0.15) is 35.7 Å². The average molecular weight is 394 g/mol. The lowest BCUT2D eigenvalue weighted by atomic mass is 10.0. The van der Waals surface area contributed by atoms with Crippen LogP contribution >= 0.6 is 0 Å². The third kappa shape index (κ3) is 5.81. The summed E-state index contributed by atoms with van der Waals surface area (Å²) in [4.78, 5) is 38.4. The van der Waals surface area contributed by atoms with Gasteiger partial charge in [0.1, 0.15) is 0 Å². The molecule has 7 heteroatoms. The van der Waals surface area contributed by atoms with E-state index in [0.29, 0.717) is 5.56 Å². The number of hydrogen-bond donors (Lipinski definition) is 3. The van der Waals surface area contributed by atoms with Crippen LogP contribution in [-0.4, -0.2) is 36.9 Å². The van der Waals surface area contributed by atoms with Gasteiger partial charge in [-0.25, -0.2) is 0 Å². The summed E-state index contributed by atoms with van der Waals surface area (Å²) in [6.07, 6.45) is 2.07. The molecule has 2 aromatic rings. The highest BCUT2D eigenvalue weighted by Crippen LogP contribution is 2.26. The van der Waals surface area contributed by atoms with Crippen molar-refractivity contribution in [3.63, 3.8) is 0 Å². The van der Waals surface area contributed by atoms with Gasteiger partial charge in [-0.05, 0) is 43.5 Å². The molecule has 0 radical (unpaired) electrons. The van der Waals surface area contributed by atoms with Crippen molar-refractivity contribution >= 4 is 23.4 Å². The van der Waals surface area contributed by atoms with Crippen LogP contribution in [0.3, 0.4) is 0 Å². The third-order valence-corrected chi connectivity index (χ3v) is 4.79. The maximum atomic E-state index is 12.2. The van der Waals surface area contributed by atoms with Crippen LogP contribution in [0.15, 0.2) is 54.6 Å². The SMILES string of the molecule is CC(CC(=O)NNC(=O)CN1CCCc2ccccc21)NC(=O)c1ccccc1. The second-order valence-corrected chi connectivity index (χ2v) is 7.19. The van der Waals surface area contributed by atoms with Crippen LogP contribution in [0, 0.1) is 0 Å². The smallest absolute Gasteiger partial charge is 0.257 e. The molecule has 1 aliphatic rings. The third-order valence-electron chi connectivity index (χ3n) is 4.79. The molecule has 0 bridgehead atoms. The number of benzene rings is 2. The first-order valence-corrected chi connectivity index (χ1v) is 9.79. The van der Waals surface area contributed by atoms with Gasteiger partial charge in [0, 0.05) is 30.3 Å². The topological polar surface area (TPSA) is 90.5 Å². The van der Waals surface area contributed by atoms with Crippen LogP contribution in [-0.2, 0) is 16.0 Å². The first kappa shape index (κ1) is 20.4. The highest BCUT2D eigenvalue weighted by molar-refractivity contribution is 5.94. The van der Waals surface area contributed by atoms with Gasteiger partial charge < -0.3 is 10.2 Å². The lowest BCUT2D eigenvalue weighted by molar-refractivity contribution is -0.128. The lowest BCUT2D eigenvalue weighted by Crippen LogP contribution is -2.48. The first-order valence-electron chi connectivity index (χ1n) is 9.79. The van der Waals surface area contributed by atoms with Crippen LogP contribution in [0.2, 0.25) is 0 Å². The molecule has 0 spiro atoms. The fourth-order valence-electron chi connectivity index (χ4n) is 3.40. The second kappa shape index (κ2) is 9.73. The van der Waals surface area contributed by atoms with E-state index in [9.17, 15) is 14.4 Å². The lowest BCUT2D eigenvalue weighted by Gasteiger charge is -2.30. The summed E-state index contributed by atoms with van der Waals surface area (Å²) in [5, 5.41) is 2.77. The van der Waals surface area contributed by atoms with Crippen molar-refractivity contribution in [2.45, 2.75) is 32.2 Å². The summed E-state index contributed by atoms with van der Waals surface area (Å²) < 4.78 is 0. The zero-order valence-corrected chi connectivity index (χ0v) is 16.5. The quantitative estimate of drug-likeness (QED) is 0.652. The van der Waals surface area contributed by atoms with Crippen LogP contribution in [0.25, 0.3) is 0 Å². The Labute approximate surface area is 170 Å². The van der Waals surface area contributed by atoms with E-state index in [0.717, 1.165) is 25.1 Å². The summed E-state index contributed by atoms with van der Waals surface area (Å²) in [6, 6.07) is 16.5. The maximum absolute atomic E-state index is 12.2. The predicted octanol–water partition coefficient (Wildman–Crippen LogP) is 1.80. The number of hydrazine groups is 1. The number of amides is 3. The van der Waals surface area contributed by atoms with Gasteiger partial charge in [-0.2, -0.15) is 0 Å². The van der Waals surface area contributed by atoms with Gasteiger partial charge in [0.05, 0.1) is 6.54 Å². The summed E-state index contributed by atoms with van der Waals surface area (Å²) in [5.74, 6) is -0.881. The zero-order chi connectivity index (χ0) is 20.6. The fraction of sp³-hybridized carbons (Fsp3) is 0.318. The summed E-state index contributed by atoms with van der Waals surface area (Å²) in [6.45, 7) is 2.73. The van der Waals surface area contributed by atoms with Gasteiger partial charge in [0.25, 0.3) is 11.8 Å². The number of hydrogen-bond acceptors (Lipinski definition) is 4. The number of rotatable bonds is 6. The first-order chi connectivity index (χ1) is 14.0. The molecule has 3 rings (SSSR count). The maximum Gasteiger partial charge on any atom is 0.257 e. The van der Waals surface area contributed by atoms with Crippen molar-refractivity contribution in [2.24, 2.45) is 0 Å². The van der Waals surface area contributed by atoms with E-state index in [1.54, 1.807) is 31.2 Å². The number of carbonyl (C=O) groups excluding carboxylic acids is 3. The Balaban J connectivity index is 1.41. The minimum absolute atomic E-state index is 0.0609. The summed E-state index contributed by atoms with van der Waals surface area (Å²) >= 11 is 0. The minimum Gasteiger partial charge on any atom is -0.362 e. The monoisotopic (exact) mass is 394 g/mol. The molecule has 29 heavy (non-hydrogen) atoms. The van der Waals surface area contributed by atoms with Gasteiger partial charge in [-0.3, -0.25) is 25.2 Å². The Kier molecular flexibility index (Phi) is 6.84. The molecule has 2 aromatic carbocycles. The molecule has 1 atom stereocenters. The molecule has 0 fully saturated rings. The fourth-order valence-corrected chi connectivity index (χ4v) is 3.40. The Bertz CT molecular complexity index is 869. The van der Waals surface area contributed by atoms with Crippen molar-refractivity contribution in [1.82, 2.24) is 16.2 Å². The van der Waals surface area contributed by atoms with Gasteiger partial charge in [-0.15, -0.1) is 0 Å². The van der Waals surface area contributed by atoms with E-state index >= 15 is 0 Å². The second-order valence-electron chi connectivity index (χ2n) is 7.19. The van der Waals surface area contributed by atoms with Crippen LogP contribution in [0.4, 0.5) is 5.69 Å². The van der Waals surface area contributed by atoms with Gasteiger partial charge in [-0.1, -0.05) is 36.4 Å². The molecule has 0 saturated carbocycles. The average Bonchev–Trinajstić information content (AvgIpc) is 2.73. The molecule has 1 heterocycles. The molecule has 0 aromatic heterocycles. The highest BCUT2D eigenvalue weighted by atomic mass is 16.2. The summed E-state index contributed by atoms with van der Waals surface area (Å²) in [5.41, 5.74) is 7.72. The van der Waals surface area contributed by atoms with Crippen molar-refractivity contribution in [2.75, 3.05) is 18.0 Å². The largest absolute Gasteiger partial charge is 0.362 e. The Morgan fingerprint density at radius 1 is 0.966 bits per heavy atom. The molecule has 3 amide bonds. The van der Waals surface area contributed by atoms with Crippen molar-refractivity contribution in [3.05, 3.63) is 65.7 Å². The van der Waals surface area contributed by atoms with E-state index in [-0.39, 0.29) is 36.7 Å². The van der Waals surface area contributed by atoms with Gasteiger partial charge >= 0.3 is 0 Å². The van der Waals surface area contributed by atoms with Crippen LogP contribution < -0.4 is 21.1 Å². The molecule has 1 unspecified atom stereocenters. The number of nitrogens with one attached hydrogen (secondary N) is 3. The number of fused-ring (bicyclic) bond motifs is 1. The Morgan fingerprint density at radius 2 is 1.66 bits per heavy atom. The molecule has 152 valence electrons. The molecule has 1 aliphatic heterocycles. The van der Waals surface area contributed by atoms with E-state index in [4.69, 9.17) is 0 Å². The molecule has 0 saturated heterocycles. The number of aryl methyl sites for hydroxylation is 1. The number of anilines is 1. The Morgan fingerprint density at radius 3 is 2.45 bits per heavy atom. The number of carbonyl (C=O) groups is 3. The van der Waals surface area contributed by atoms with Gasteiger partial charge in [0.15, 0.2) is 0 Å². The molecule has 0 aliphatic carbocycles. The normalized spacial score (nSPS) is 13.8. The Hall–Kier alpha value is -3.35. The van der Waals surface area contributed by atoms with Crippen molar-refractivity contribution in [1.29, 1.82) is 0 Å². The van der Waals surface area contributed by atoms with E-state index in [2.05, 4.69) is 22.2 Å². The number of nitrogens with zero attached hydrogens (tertiary/aromatic N) is 1. The molecule has 3 N–H and O–H groups in total. The van der Waals surface area contributed by atoms with Crippen molar-refractivity contribution in [3.8, 4) is 0 Å².